The molecule has 2 aromatic carbocycles. The van der Waals surface area contributed by atoms with Crippen molar-refractivity contribution in [2.45, 2.75) is 6.61 Å². The van der Waals surface area contributed by atoms with Crippen LogP contribution < -0.4 is 10.1 Å². The van der Waals surface area contributed by atoms with Crippen LogP contribution in [0.2, 0.25) is 0 Å². The number of nitrogens with zero attached hydrogens (tertiary/aromatic N) is 1. The molecule has 0 aliphatic carbocycles. The monoisotopic (exact) mass is 376 g/mol. The second-order valence-electron chi connectivity index (χ2n) is 5.68. The van der Waals surface area contributed by atoms with E-state index < -0.39 is 11.9 Å². The number of carbonyl (C=O) groups is 2. The quantitative estimate of drug-likeness (QED) is 0.331. The van der Waals surface area contributed by atoms with Crippen molar-refractivity contribution in [1.82, 2.24) is 5.32 Å². The SMILES string of the molecule is C=CCNC(=O)C(C#N)=Cc1ccccc1OCc1ccc(C(=O)OC)cc1. The highest BCUT2D eigenvalue weighted by atomic mass is 16.5. The van der Waals surface area contributed by atoms with Gasteiger partial charge in [-0.25, -0.2) is 4.79 Å². The molecule has 0 heterocycles. The summed E-state index contributed by atoms with van der Waals surface area (Å²) in [5.41, 5.74) is 1.90. The first kappa shape index (κ1) is 20.5. The van der Waals surface area contributed by atoms with Gasteiger partial charge in [0.05, 0.1) is 12.7 Å². The fourth-order valence-corrected chi connectivity index (χ4v) is 2.31. The maximum absolute atomic E-state index is 12.0. The summed E-state index contributed by atoms with van der Waals surface area (Å²) in [5.74, 6) is -0.346. The van der Waals surface area contributed by atoms with Crippen molar-refractivity contribution in [3.63, 3.8) is 0 Å². The van der Waals surface area contributed by atoms with E-state index >= 15 is 0 Å². The fraction of sp³-hybridized carbons (Fsp3) is 0.136. The second kappa shape index (κ2) is 10.3. The minimum absolute atomic E-state index is 0.0275. The molecule has 0 fully saturated rings. The van der Waals surface area contributed by atoms with E-state index in [1.54, 1.807) is 48.5 Å². The topological polar surface area (TPSA) is 88.4 Å². The van der Waals surface area contributed by atoms with Gasteiger partial charge in [-0.1, -0.05) is 36.4 Å². The average Bonchev–Trinajstić information content (AvgIpc) is 2.74. The van der Waals surface area contributed by atoms with Crippen LogP contribution in [0.1, 0.15) is 21.5 Å². The molecule has 0 bridgehead atoms. The predicted octanol–water partition coefficient (Wildman–Crippen LogP) is 3.26. The van der Waals surface area contributed by atoms with E-state index in [0.717, 1.165) is 5.56 Å². The number of rotatable bonds is 8. The van der Waals surface area contributed by atoms with Crippen LogP contribution in [0.5, 0.6) is 5.75 Å². The largest absolute Gasteiger partial charge is 0.488 e. The van der Waals surface area contributed by atoms with Crippen LogP contribution in [0.4, 0.5) is 0 Å². The van der Waals surface area contributed by atoms with E-state index in [1.807, 2.05) is 6.07 Å². The van der Waals surface area contributed by atoms with E-state index in [1.165, 1.54) is 19.3 Å². The van der Waals surface area contributed by atoms with Crippen LogP contribution in [0.25, 0.3) is 6.08 Å². The van der Waals surface area contributed by atoms with E-state index in [4.69, 9.17) is 4.74 Å². The highest BCUT2D eigenvalue weighted by Crippen LogP contribution is 2.22. The van der Waals surface area contributed by atoms with Gasteiger partial charge in [-0.05, 0) is 29.8 Å². The normalized spacial score (nSPS) is 10.5. The van der Waals surface area contributed by atoms with Crippen molar-refractivity contribution in [3.05, 3.63) is 83.4 Å². The highest BCUT2D eigenvalue weighted by Gasteiger charge is 2.10. The second-order valence-corrected chi connectivity index (χ2v) is 5.68. The lowest BCUT2D eigenvalue weighted by Gasteiger charge is -2.10. The van der Waals surface area contributed by atoms with Crippen LogP contribution in [-0.4, -0.2) is 25.5 Å². The number of nitriles is 1. The third-order valence-electron chi connectivity index (χ3n) is 3.76. The van der Waals surface area contributed by atoms with Gasteiger partial charge in [0.1, 0.15) is 24.0 Å². The molecule has 0 aliphatic rings. The van der Waals surface area contributed by atoms with Gasteiger partial charge in [-0.3, -0.25) is 4.79 Å². The van der Waals surface area contributed by atoms with Crippen LogP contribution in [0.3, 0.4) is 0 Å². The summed E-state index contributed by atoms with van der Waals surface area (Å²) in [7, 11) is 1.33. The van der Waals surface area contributed by atoms with Crippen molar-refractivity contribution < 1.29 is 19.1 Å². The molecule has 2 aromatic rings. The molecule has 1 amide bonds. The predicted molar refractivity (Wildman–Crippen MR) is 105 cm³/mol. The Balaban J connectivity index is 2.14. The lowest BCUT2D eigenvalue weighted by atomic mass is 10.1. The third-order valence-corrected chi connectivity index (χ3v) is 3.76. The van der Waals surface area contributed by atoms with E-state index in [2.05, 4.69) is 16.6 Å². The first-order valence-electron chi connectivity index (χ1n) is 8.49. The van der Waals surface area contributed by atoms with Crippen LogP contribution in [-0.2, 0) is 16.1 Å². The highest BCUT2D eigenvalue weighted by molar-refractivity contribution is 6.02. The molecular weight excluding hydrogens is 356 g/mol. The van der Waals surface area contributed by atoms with Gasteiger partial charge in [0.15, 0.2) is 0 Å². The molecule has 28 heavy (non-hydrogen) atoms. The molecule has 0 spiro atoms. The molecule has 0 saturated heterocycles. The van der Waals surface area contributed by atoms with Gasteiger partial charge in [0, 0.05) is 12.1 Å². The van der Waals surface area contributed by atoms with Gasteiger partial charge in [-0.15, -0.1) is 6.58 Å². The Morgan fingerprint density at radius 2 is 1.89 bits per heavy atom. The summed E-state index contributed by atoms with van der Waals surface area (Å²) in [4.78, 5) is 23.5. The van der Waals surface area contributed by atoms with Gasteiger partial charge in [0.2, 0.25) is 0 Å². The van der Waals surface area contributed by atoms with Crippen molar-refractivity contribution in [3.8, 4) is 11.8 Å². The molecule has 2 rings (SSSR count). The molecule has 6 heteroatoms. The average molecular weight is 376 g/mol. The number of amides is 1. The minimum Gasteiger partial charge on any atom is -0.488 e. The zero-order valence-electron chi connectivity index (χ0n) is 15.5. The maximum Gasteiger partial charge on any atom is 0.337 e. The fourth-order valence-electron chi connectivity index (χ4n) is 2.31. The summed E-state index contributed by atoms with van der Waals surface area (Å²) in [5, 5.41) is 11.8. The molecule has 0 aromatic heterocycles. The van der Waals surface area contributed by atoms with Crippen LogP contribution >= 0.6 is 0 Å². The summed E-state index contributed by atoms with van der Waals surface area (Å²) < 4.78 is 10.5. The number of carbonyl (C=O) groups excluding carboxylic acids is 2. The number of hydrogen-bond donors (Lipinski definition) is 1. The molecule has 1 N–H and O–H groups in total. The molecule has 0 saturated carbocycles. The smallest absolute Gasteiger partial charge is 0.337 e. The van der Waals surface area contributed by atoms with Gasteiger partial charge < -0.3 is 14.8 Å². The summed E-state index contributed by atoms with van der Waals surface area (Å²) in [6.07, 6.45) is 3.02. The number of hydrogen-bond acceptors (Lipinski definition) is 5. The Hall–Kier alpha value is -3.85. The first-order valence-corrected chi connectivity index (χ1v) is 8.49. The van der Waals surface area contributed by atoms with E-state index in [0.29, 0.717) is 16.9 Å². The van der Waals surface area contributed by atoms with Crippen molar-refractivity contribution in [2.24, 2.45) is 0 Å². The number of benzene rings is 2. The molecular formula is C22H20N2O4. The Kier molecular flexibility index (Phi) is 7.55. The number of esters is 1. The molecule has 142 valence electrons. The Bertz CT molecular complexity index is 924. The number of ether oxygens (including phenoxy) is 2. The van der Waals surface area contributed by atoms with Gasteiger partial charge >= 0.3 is 5.97 Å². The summed E-state index contributed by atoms with van der Waals surface area (Å²) >= 11 is 0. The Morgan fingerprint density at radius 3 is 2.54 bits per heavy atom. The standard InChI is InChI=1S/C22H20N2O4/c1-3-12-24-21(25)19(14-23)13-18-6-4-5-7-20(18)28-15-16-8-10-17(11-9-16)22(26)27-2/h3-11,13H,1,12,15H2,2H3,(H,24,25). The lowest BCUT2D eigenvalue weighted by molar-refractivity contribution is -0.116. The molecule has 0 atom stereocenters. The molecule has 0 unspecified atom stereocenters. The number of para-hydroxylation sites is 1. The van der Waals surface area contributed by atoms with Gasteiger partial charge in [0.25, 0.3) is 5.91 Å². The summed E-state index contributed by atoms with van der Waals surface area (Å²) in [6.45, 7) is 4.06. The zero-order chi connectivity index (χ0) is 20.4. The Labute approximate surface area is 163 Å². The third kappa shape index (κ3) is 5.58. The molecule has 0 aliphatic heterocycles. The first-order chi connectivity index (χ1) is 13.6. The van der Waals surface area contributed by atoms with E-state index in [9.17, 15) is 14.9 Å². The molecule has 0 radical (unpaired) electrons. The lowest BCUT2D eigenvalue weighted by Crippen LogP contribution is -2.24. The van der Waals surface area contributed by atoms with Crippen molar-refractivity contribution in [2.75, 3.05) is 13.7 Å². The van der Waals surface area contributed by atoms with Crippen LogP contribution in [0, 0.1) is 11.3 Å². The maximum atomic E-state index is 12.0. The zero-order valence-corrected chi connectivity index (χ0v) is 15.5. The number of methoxy groups -OCH3 is 1. The van der Waals surface area contributed by atoms with Crippen LogP contribution in [0.15, 0.2) is 66.8 Å². The minimum atomic E-state index is -0.476. The Morgan fingerprint density at radius 1 is 1.18 bits per heavy atom. The van der Waals surface area contributed by atoms with E-state index in [-0.39, 0.29) is 18.7 Å². The van der Waals surface area contributed by atoms with Crippen molar-refractivity contribution in [1.29, 1.82) is 5.26 Å². The van der Waals surface area contributed by atoms with Crippen molar-refractivity contribution >= 4 is 18.0 Å². The summed E-state index contributed by atoms with van der Waals surface area (Å²) in [6, 6.07) is 15.9. The molecule has 6 nitrogen and oxygen atoms in total. The van der Waals surface area contributed by atoms with Gasteiger partial charge in [-0.2, -0.15) is 5.26 Å². The number of nitrogens with one attached hydrogen (secondary N) is 1.